The fraction of sp³-hybridized carbons (Fsp3) is 0.538. The highest BCUT2D eigenvalue weighted by Crippen LogP contribution is 2.30. The van der Waals surface area contributed by atoms with Crippen LogP contribution in [0.3, 0.4) is 0 Å². The van der Waals surface area contributed by atoms with Crippen molar-refractivity contribution in [1.82, 2.24) is 5.43 Å². The lowest BCUT2D eigenvalue weighted by molar-refractivity contribution is 0.0607. The molecule has 1 aliphatic rings. The number of hydrogen-bond acceptors (Lipinski definition) is 3. The summed E-state index contributed by atoms with van der Waals surface area (Å²) in [6, 6.07) is 8.55. The van der Waals surface area contributed by atoms with Crippen LogP contribution in [0, 0.1) is 12.8 Å². The molecule has 3 heteroatoms. The quantitative estimate of drug-likeness (QED) is 0.604. The van der Waals surface area contributed by atoms with Crippen LogP contribution in [0.25, 0.3) is 0 Å². The molecule has 16 heavy (non-hydrogen) atoms. The molecule has 1 aromatic carbocycles. The average Bonchev–Trinajstić information content (AvgIpc) is 2.69. The molecule has 1 saturated heterocycles. The Hall–Kier alpha value is -0.900. The summed E-state index contributed by atoms with van der Waals surface area (Å²) < 4.78 is 5.76. The summed E-state index contributed by atoms with van der Waals surface area (Å²) in [5.74, 6) is 6.21. The summed E-state index contributed by atoms with van der Waals surface area (Å²) >= 11 is 0. The molecule has 3 nitrogen and oxygen atoms in total. The molecule has 1 heterocycles. The second-order valence-corrected chi connectivity index (χ2v) is 4.66. The lowest BCUT2D eigenvalue weighted by Gasteiger charge is -2.25. The van der Waals surface area contributed by atoms with Gasteiger partial charge >= 0.3 is 0 Å². The van der Waals surface area contributed by atoms with Crippen LogP contribution in [-0.4, -0.2) is 12.7 Å². The highest BCUT2D eigenvalue weighted by Gasteiger charge is 2.32. The van der Waals surface area contributed by atoms with Crippen LogP contribution in [0.2, 0.25) is 0 Å². The third kappa shape index (κ3) is 2.26. The van der Waals surface area contributed by atoms with Crippen molar-refractivity contribution in [2.75, 3.05) is 6.61 Å². The van der Waals surface area contributed by atoms with E-state index in [1.54, 1.807) is 0 Å². The Balaban J connectivity index is 2.18. The number of hydrazine groups is 1. The van der Waals surface area contributed by atoms with E-state index in [-0.39, 0.29) is 12.1 Å². The van der Waals surface area contributed by atoms with E-state index in [0.29, 0.717) is 5.92 Å². The predicted molar refractivity (Wildman–Crippen MR) is 64.8 cm³/mol. The molecule has 0 bridgehead atoms. The van der Waals surface area contributed by atoms with Gasteiger partial charge in [-0.15, -0.1) is 0 Å². The zero-order valence-electron chi connectivity index (χ0n) is 9.94. The number of benzene rings is 1. The first-order chi connectivity index (χ1) is 7.72. The van der Waals surface area contributed by atoms with Crippen LogP contribution in [0.5, 0.6) is 0 Å². The van der Waals surface area contributed by atoms with Gasteiger partial charge in [0.2, 0.25) is 0 Å². The molecule has 0 spiro atoms. The normalized spacial score (nSPS) is 26.9. The van der Waals surface area contributed by atoms with E-state index in [4.69, 9.17) is 10.6 Å². The van der Waals surface area contributed by atoms with Crippen LogP contribution in [0.1, 0.15) is 30.5 Å². The van der Waals surface area contributed by atoms with Gasteiger partial charge in [0, 0.05) is 6.61 Å². The van der Waals surface area contributed by atoms with Gasteiger partial charge in [-0.2, -0.15) is 0 Å². The Kier molecular flexibility index (Phi) is 3.59. The molecule has 1 aliphatic heterocycles. The fourth-order valence-corrected chi connectivity index (χ4v) is 2.30. The van der Waals surface area contributed by atoms with Gasteiger partial charge in [0.05, 0.1) is 12.1 Å². The number of ether oxygens (including phenoxy) is 1. The summed E-state index contributed by atoms with van der Waals surface area (Å²) in [5, 5.41) is 0. The van der Waals surface area contributed by atoms with Crippen LogP contribution in [-0.2, 0) is 4.74 Å². The monoisotopic (exact) mass is 220 g/mol. The molecular weight excluding hydrogens is 200 g/mol. The maximum absolute atomic E-state index is 5.76. The summed E-state index contributed by atoms with van der Waals surface area (Å²) in [6.07, 6.45) is 1.31. The van der Waals surface area contributed by atoms with Gasteiger partial charge in [0.25, 0.3) is 0 Å². The SMILES string of the molecule is Cc1ccc(C(NN)C2OCCC2C)cc1. The van der Waals surface area contributed by atoms with E-state index in [2.05, 4.69) is 43.5 Å². The Bertz CT molecular complexity index is 336. The third-order valence-electron chi connectivity index (χ3n) is 3.39. The van der Waals surface area contributed by atoms with Gasteiger partial charge < -0.3 is 4.74 Å². The largest absolute Gasteiger partial charge is 0.376 e. The summed E-state index contributed by atoms with van der Waals surface area (Å²) in [6.45, 7) is 5.15. The molecule has 0 radical (unpaired) electrons. The minimum absolute atomic E-state index is 0.0955. The second kappa shape index (κ2) is 4.95. The standard InChI is InChI=1S/C13H20N2O/c1-9-3-5-11(6-4-9)12(15-14)13-10(2)7-8-16-13/h3-6,10,12-13,15H,7-8,14H2,1-2H3. The van der Waals surface area contributed by atoms with Crippen molar-refractivity contribution in [2.24, 2.45) is 11.8 Å². The Morgan fingerprint density at radius 2 is 2.06 bits per heavy atom. The molecule has 2 rings (SSSR count). The van der Waals surface area contributed by atoms with Crippen molar-refractivity contribution in [3.05, 3.63) is 35.4 Å². The Morgan fingerprint density at radius 3 is 2.56 bits per heavy atom. The molecule has 1 aromatic rings. The third-order valence-corrected chi connectivity index (χ3v) is 3.39. The molecule has 3 unspecified atom stereocenters. The van der Waals surface area contributed by atoms with Crippen molar-refractivity contribution >= 4 is 0 Å². The highest BCUT2D eigenvalue weighted by atomic mass is 16.5. The lowest BCUT2D eigenvalue weighted by Crippen LogP contribution is -2.38. The van der Waals surface area contributed by atoms with E-state index in [9.17, 15) is 0 Å². The Morgan fingerprint density at radius 1 is 1.38 bits per heavy atom. The predicted octanol–water partition coefficient (Wildman–Crippen LogP) is 1.92. The maximum atomic E-state index is 5.76. The maximum Gasteiger partial charge on any atom is 0.0808 e. The molecular formula is C13H20N2O. The molecule has 88 valence electrons. The van der Waals surface area contributed by atoms with Crippen molar-refractivity contribution in [1.29, 1.82) is 0 Å². The number of hydrogen-bond donors (Lipinski definition) is 2. The van der Waals surface area contributed by atoms with Crippen molar-refractivity contribution < 1.29 is 4.74 Å². The minimum Gasteiger partial charge on any atom is -0.376 e. The summed E-state index contributed by atoms with van der Waals surface area (Å²) in [4.78, 5) is 0. The number of aryl methyl sites for hydroxylation is 1. The molecule has 0 aliphatic carbocycles. The first-order valence-corrected chi connectivity index (χ1v) is 5.86. The van der Waals surface area contributed by atoms with E-state index >= 15 is 0 Å². The molecule has 0 aromatic heterocycles. The molecule has 3 atom stereocenters. The van der Waals surface area contributed by atoms with E-state index in [1.165, 1.54) is 11.1 Å². The number of nitrogens with two attached hydrogens (primary N) is 1. The zero-order valence-corrected chi connectivity index (χ0v) is 9.94. The van der Waals surface area contributed by atoms with Crippen molar-refractivity contribution in [2.45, 2.75) is 32.4 Å². The van der Waals surface area contributed by atoms with Crippen molar-refractivity contribution in [3.8, 4) is 0 Å². The van der Waals surface area contributed by atoms with Crippen LogP contribution < -0.4 is 11.3 Å². The van der Waals surface area contributed by atoms with Crippen LogP contribution in [0.15, 0.2) is 24.3 Å². The van der Waals surface area contributed by atoms with Crippen LogP contribution in [0.4, 0.5) is 0 Å². The average molecular weight is 220 g/mol. The Labute approximate surface area is 97.0 Å². The van der Waals surface area contributed by atoms with Gasteiger partial charge in [-0.3, -0.25) is 11.3 Å². The van der Waals surface area contributed by atoms with E-state index in [0.717, 1.165) is 13.0 Å². The molecule has 0 amide bonds. The minimum atomic E-state index is 0.0955. The second-order valence-electron chi connectivity index (χ2n) is 4.66. The van der Waals surface area contributed by atoms with Crippen molar-refractivity contribution in [3.63, 3.8) is 0 Å². The first kappa shape index (κ1) is 11.6. The van der Waals surface area contributed by atoms with Gasteiger partial charge in [-0.05, 0) is 24.8 Å². The molecule has 1 fully saturated rings. The molecule has 0 saturated carbocycles. The highest BCUT2D eigenvalue weighted by molar-refractivity contribution is 5.25. The first-order valence-electron chi connectivity index (χ1n) is 5.86. The van der Waals surface area contributed by atoms with Gasteiger partial charge in [-0.1, -0.05) is 36.8 Å². The van der Waals surface area contributed by atoms with Gasteiger partial charge in [0.15, 0.2) is 0 Å². The fourth-order valence-electron chi connectivity index (χ4n) is 2.30. The van der Waals surface area contributed by atoms with E-state index < -0.39 is 0 Å². The lowest BCUT2D eigenvalue weighted by atomic mass is 9.92. The van der Waals surface area contributed by atoms with Gasteiger partial charge in [-0.25, -0.2) is 0 Å². The smallest absolute Gasteiger partial charge is 0.0808 e. The summed E-state index contributed by atoms with van der Waals surface area (Å²) in [7, 11) is 0. The molecule has 3 N–H and O–H groups in total. The topological polar surface area (TPSA) is 47.3 Å². The van der Waals surface area contributed by atoms with Gasteiger partial charge in [0.1, 0.15) is 0 Å². The van der Waals surface area contributed by atoms with Crippen LogP contribution >= 0.6 is 0 Å². The number of rotatable bonds is 3. The number of nitrogens with one attached hydrogen (secondary N) is 1. The van der Waals surface area contributed by atoms with E-state index in [1.807, 2.05) is 0 Å². The summed E-state index contributed by atoms with van der Waals surface area (Å²) in [5.41, 5.74) is 5.35. The zero-order chi connectivity index (χ0) is 11.5.